The van der Waals surface area contributed by atoms with Gasteiger partial charge in [-0.3, -0.25) is 0 Å². The number of nitrogens with one attached hydrogen (secondary N) is 3. The fourth-order valence-electron chi connectivity index (χ4n) is 2.35. The van der Waals surface area contributed by atoms with E-state index in [4.69, 9.17) is 0 Å². The molecule has 2 amide bonds. The molecule has 0 saturated carbocycles. The molecular formula is C18H18N4O. The van der Waals surface area contributed by atoms with Gasteiger partial charge in [0.1, 0.15) is 0 Å². The highest BCUT2D eigenvalue weighted by Crippen LogP contribution is 2.22. The van der Waals surface area contributed by atoms with Crippen LogP contribution in [0.3, 0.4) is 0 Å². The van der Waals surface area contributed by atoms with Gasteiger partial charge in [0.05, 0.1) is 12.0 Å². The molecule has 0 radical (unpaired) electrons. The summed E-state index contributed by atoms with van der Waals surface area (Å²) in [6.45, 7) is 2.46. The Morgan fingerprint density at radius 3 is 2.70 bits per heavy atom. The third-order valence-electron chi connectivity index (χ3n) is 3.52. The highest BCUT2D eigenvalue weighted by atomic mass is 16.2. The number of amides is 2. The number of hydrogen-bond acceptors (Lipinski definition) is 2. The van der Waals surface area contributed by atoms with Crippen molar-refractivity contribution in [1.29, 1.82) is 0 Å². The van der Waals surface area contributed by atoms with E-state index in [0.717, 1.165) is 28.2 Å². The summed E-state index contributed by atoms with van der Waals surface area (Å²) in [4.78, 5) is 19.4. The molecule has 3 rings (SSSR count). The summed E-state index contributed by atoms with van der Waals surface area (Å²) >= 11 is 0. The molecule has 3 N–H and O–H groups in total. The van der Waals surface area contributed by atoms with Gasteiger partial charge >= 0.3 is 6.03 Å². The Kier molecular flexibility index (Phi) is 4.38. The number of benzene rings is 2. The van der Waals surface area contributed by atoms with Gasteiger partial charge in [-0.15, -0.1) is 0 Å². The Morgan fingerprint density at radius 2 is 1.96 bits per heavy atom. The average Bonchev–Trinajstić information content (AvgIpc) is 3.00. The molecule has 5 heteroatoms. The fourth-order valence-corrected chi connectivity index (χ4v) is 2.35. The topological polar surface area (TPSA) is 69.8 Å². The standard InChI is InChI=1S/C18H18N4O/c1-13-17(21-12-20-13)15-8-5-9-16(10-15)22-18(23)19-11-14-6-3-2-4-7-14/h2-10,12H,11H2,1H3,(H,20,21)(H2,19,22,23). The Bertz CT molecular complexity index is 796. The van der Waals surface area contributed by atoms with Crippen molar-refractivity contribution < 1.29 is 4.79 Å². The van der Waals surface area contributed by atoms with E-state index < -0.39 is 0 Å². The number of aromatic amines is 1. The Hall–Kier alpha value is -3.08. The maximum atomic E-state index is 12.0. The van der Waals surface area contributed by atoms with Crippen LogP contribution in [0.5, 0.6) is 0 Å². The number of carbonyl (C=O) groups excluding carboxylic acids is 1. The third kappa shape index (κ3) is 3.77. The van der Waals surface area contributed by atoms with Crippen molar-refractivity contribution in [2.75, 3.05) is 5.32 Å². The van der Waals surface area contributed by atoms with E-state index >= 15 is 0 Å². The van der Waals surface area contributed by atoms with Gasteiger partial charge < -0.3 is 15.6 Å². The fraction of sp³-hybridized carbons (Fsp3) is 0.111. The van der Waals surface area contributed by atoms with Crippen LogP contribution in [0.25, 0.3) is 11.3 Å². The van der Waals surface area contributed by atoms with Crippen LogP contribution in [-0.2, 0) is 6.54 Å². The number of aryl methyl sites for hydroxylation is 1. The van der Waals surface area contributed by atoms with Crippen molar-refractivity contribution in [2.24, 2.45) is 0 Å². The molecule has 0 atom stereocenters. The summed E-state index contributed by atoms with van der Waals surface area (Å²) in [6.07, 6.45) is 1.66. The van der Waals surface area contributed by atoms with Gasteiger partial charge in [0.25, 0.3) is 0 Å². The van der Waals surface area contributed by atoms with E-state index in [1.807, 2.05) is 61.5 Å². The van der Waals surface area contributed by atoms with Gasteiger partial charge in [-0.2, -0.15) is 0 Å². The van der Waals surface area contributed by atoms with Gasteiger partial charge in [-0.05, 0) is 24.6 Å². The molecule has 116 valence electrons. The normalized spacial score (nSPS) is 10.3. The molecule has 3 aromatic rings. The molecule has 0 unspecified atom stereocenters. The maximum absolute atomic E-state index is 12.0. The van der Waals surface area contributed by atoms with Crippen LogP contribution in [0.2, 0.25) is 0 Å². The lowest BCUT2D eigenvalue weighted by atomic mass is 10.1. The highest BCUT2D eigenvalue weighted by molar-refractivity contribution is 5.90. The van der Waals surface area contributed by atoms with E-state index in [2.05, 4.69) is 20.6 Å². The van der Waals surface area contributed by atoms with Crippen molar-refractivity contribution in [2.45, 2.75) is 13.5 Å². The number of aromatic nitrogens is 2. The molecule has 1 heterocycles. The van der Waals surface area contributed by atoms with E-state index in [0.29, 0.717) is 6.54 Å². The largest absolute Gasteiger partial charge is 0.348 e. The Morgan fingerprint density at radius 1 is 1.13 bits per heavy atom. The lowest BCUT2D eigenvalue weighted by Gasteiger charge is -2.09. The number of urea groups is 1. The number of H-pyrrole nitrogens is 1. The van der Waals surface area contributed by atoms with Crippen LogP contribution in [0.1, 0.15) is 11.3 Å². The third-order valence-corrected chi connectivity index (χ3v) is 3.52. The smallest absolute Gasteiger partial charge is 0.319 e. The molecule has 0 fully saturated rings. The van der Waals surface area contributed by atoms with Crippen LogP contribution in [0.15, 0.2) is 60.9 Å². The number of imidazole rings is 1. The van der Waals surface area contributed by atoms with Crippen molar-refractivity contribution in [1.82, 2.24) is 15.3 Å². The molecule has 0 spiro atoms. The minimum Gasteiger partial charge on any atom is -0.348 e. The molecule has 2 aromatic carbocycles. The molecule has 0 aliphatic rings. The Balaban J connectivity index is 1.64. The van der Waals surface area contributed by atoms with Gasteiger partial charge in [0.2, 0.25) is 0 Å². The minimum absolute atomic E-state index is 0.232. The summed E-state index contributed by atoms with van der Waals surface area (Å²) in [6, 6.07) is 17.2. The zero-order valence-corrected chi connectivity index (χ0v) is 12.8. The molecule has 0 aliphatic heterocycles. The number of rotatable bonds is 4. The number of hydrogen-bond donors (Lipinski definition) is 3. The van der Waals surface area contributed by atoms with E-state index in [1.54, 1.807) is 6.33 Å². The first-order chi connectivity index (χ1) is 11.2. The second-order valence-corrected chi connectivity index (χ2v) is 5.25. The number of anilines is 1. The number of carbonyl (C=O) groups is 1. The highest BCUT2D eigenvalue weighted by Gasteiger charge is 2.07. The number of nitrogens with zero attached hydrogens (tertiary/aromatic N) is 1. The molecule has 5 nitrogen and oxygen atoms in total. The molecule has 23 heavy (non-hydrogen) atoms. The zero-order chi connectivity index (χ0) is 16.1. The summed E-state index contributed by atoms with van der Waals surface area (Å²) in [5.41, 5.74) is 4.64. The van der Waals surface area contributed by atoms with Crippen LogP contribution in [-0.4, -0.2) is 16.0 Å². The lowest BCUT2D eigenvalue weighted by molar-refractivity contribution is 0.251. The predicted octanol–water partition coefficient (Wildman–Crippen LogP) is 3.71. The van der Waals surface area contributed by atoms with Crippen molar-refractivity contribution in [3.8, 4) is 11.3 Å². The monoisotopic (exact) mass is 306 g/mol. The van der Waals surface area contributed by atoms with Gasteiger partial charge in [-0.25, -0.2) is 9.78 Å². The first-order valence-electron chi connectivity index (χ1n) is 7.41. The first kappa shape index (κ1) is 14.8. The van der Waals surface area contributed by atoms with Crippen molar-refractivity contribution >= 4 is 11.7 Å². The van der Waals surface area contributed by atoms with E-state index in [1.165, 1.54) is 0 Å². The molecule has 0 aliphatic carbocycles. The maximum Gasteiger partial charge on any atom is 0.319 e. The van der Waals surface area contributed by atoms with Gasteiger partial charge in [0, 0.05) is 23.5 Å². The average molecular weight is 306 g/mol. The zero-order valence-electron chi connectivity index (χ0n) is 12.8. The predicted molar refractivity (Wildman–Crippen MR) is 91.1 cm³/mol. The Labute approximate surface area is 134 Å². The van der Waals surface area contributed by atoms with E-state index in [9.17, 15) is 4.79 Å². The lowest BCUT2D eigenvalue weighted by Crippen LogP contribution is -2.28. The molecule has 0 bridgehead atoms. The van der Waals surface area contributed by atoms with Crippen molar-refractivity contribution in [3.05, 3.63) is 72.2 Å². The second-order valence-electron chi connectivity index (χ2n) is 5.25. The van der Waals surface area contributed by atoms with Crippen LogP contribution in [0, 0.1) is 6.92 Å². The van der Waals surface area contributed by atoms with Crippen LogP contribution >= 0.6 is 0 Å². The molecule has 1 aromatic heterocycles. The van der Waals surface area contributed by atoms with Gasteiger partial charge in [-0.1, -0.05) is 42.5 Å². The molecule has 0 saturated heterocycles. The second kappa shape index (κ2) is 6.79. The van der Waals surface area contributed by atoms with E-state index in [-0.39, 0.29) is 6.03 Å². The minimum atomic E-state index is -0.232. The van der Waals surface area contributed by atoms with Crippen molar-refractivity contribution in [3.63, 3.8) is 0 Å². The summed E-state index contributed by atoms with van der Waals surface area (Å²) in [5, 5.41) is 5.69. The molecular weight excluding hydrogens is 288 g/mol. The SMILES string of the molecule is Cc1[nH]cnc1-c1cccc(NC(=O)NCc2ccccc2)c1. The first-order valence-corrected chi connectivity index (χ1v) is 7.41. The van der Waals surface area contributed by atoms with Crippen LogP contribution < -0.4 is 10.6 Å². The summed E-state index contributed by atoms with van der Waals surface area (Å²) in [7, 11) is 0. The van der Waals surface area contributed by atoms with Gasteiger partial charge in [0.15, 0.2) is 0 Å². The van der Waals surface area contributed by atoms with Crippen LogP contribution in [0.4, 0.5) is 10.5 Å². The quantitative estimate of drug-likeness (QED) is 0.687. The summed E-state index contributed by atoms with van der Waals surface area (Å²) < 4.78 is 0. The summed E-state index contributed by atoms with van der Waals surface area (Å²) in [5.74, 6) is 0.